The molecule has 2 heterocycles. The molecule has 0 spiro atoms. The van der Waals surface area contributed by atoms with E-state index in [-0.39, 0.29) is 5.92 Å². The monoisotopic (exact) mass is 264 g/mol. The van der Waals surface area contributed by atoms with Crippen molar-refractivity contribution in [2.24, 2.45) is 11.7 Å². The highest BCUT2D eigenvalue weighted by Crippen LogP contribution is 2.47. The predicted octanol–water partition coefficient (Wildman–Crippen LogP) is 0.964. The van der Waals surface area contributed by atoms with Crippen LogP contribution in [-0.4, -0.2) is 38.8 Å². The van der Waals surface area contributed by atoms with Crippen LogP contribution < -0.4 is 11.1 Å². The van der Waals surface area contributed by atoms with Crippen LogP contribution in [-0.2, 0) is 0 Å². The Morgan fingerprint density at radius 2 is 2.37 bits per heavy atom. The van der Waals surface area contributed by atoms with Gasteiger partial charge in [0.1, 0.15) is 17.8 Å². The van der Waals surface area contributed by atoms with Gasteiger partial charge >= 0.3 is 0 Å². The van der Waals surface area contributed by atoms with E-state index in [1.165, 1.54) is 6.33 Å². The zero-order valence-electron chi connectivity index (χ0n) is 10.6. The molecular formula is C12H17FN6. The van der Waals surface area contributed by atoms with Crippen molar-refractivity contribution in [3.05, 3.63) is 30.5 Å². The molecule has 2 aliphatic rings. The first-order valence-electron chi connectivity index (χ1n) is 6.29. The van der Waals surface area contributed by atoms with Crippen molar-refractivity contribution < 1.29 is 4.39 Å². The van der Waals surface area contributed by atoms with Gasteiger partial charge in [-0.05, 0) is 18.8 Å². The molecule has 1 aliphatic heterocycles. The van der Waals surface area contributed by atoms with Crippen molar-refractivity contribution >= 4 is 5.95 Å². The van der Waals surface area contributed by atoms with Gasteiger partial charge in [0, 0.05) is 11.8 Å². The third-order valence-corrected chi connectivity index (χ3v) is 3.60. The number of hydrogen-bond acceptors (Lipinski definition) is 5. The summed E-state index contributed by atoms with van der Waals surface area (Å²) in [6, 6.07) is 0. The molecule has 6 nitrogen and oxygen atoms in total. The minimum Gasteiger partial charge on any atom is -0.385 e. The number of aromatic nitrogens is 3. The first-order valence-corrected chi connectivity index (χ1v) is 6.29. The minimum absolute atomic E-state index is 0.243. The van der Waals surface area contributed by atoms with Crippen molar-refractivity contribution in [1.82, 2.24) is 20.1 Å². The molecule has 7 heteroatoms. The van der Waals surface area contributed by atoms with Crippen LogP contribution in [0, 0.1) is 5.92 Å². The summed E-state index contributed by atoms with van der Waals surface area (Å²) in [4.78, 5) is 5.74. The molecule has 0 unspecified atom stereocenters. The van der Waals surface area contributed by atoms with E-state index in [4.69, 9.17) is 5.73 Å². The Balaban J connectivity index is 1.54. The summed E-state index contributed by atoms with van der Waals surface area (Å²) >= 11 is 0. The smallest absolute Gasteiger partial charge is 0.222 e. The largest absolute Gasteiger partial charge is 0.385 e. The number of allylic oxidation sites excluding steroid dienone is 1. The highest BCUT2D eigenvalue weighted by Gasteiger charge is 2.54. The standard InChI is InChI=1S/C12H17FN6/c1-8(17-11-15-7-16-18-11)4-10(14)19-5-12(13,6-19)9-2-3-9/h4,7,9H,1-3,5-6,14H2,(H2,15,16,17,18)/b10-4+. The van der Waals surface area contributed by atoms with Crippen molar-refractivity contribution in [2.75, 3.05) is 18.4 Å². The normalized spacial score (nSPS) is 21.9. The Hall–Kier alpha value is -2.05. The number of anilines is 1. The Kier molecular flexibility index (Phi) is 2.69. The van der Waals surface area contributed by atoms with Crippen LogP contribution in [0.25, 0.3) is 0 Å². The molecule has 0 amide bonds. The van der Waals surface area contributed by atoms with E-state index in [0.29, 0.717) is 30.6 Å². The Labute approximate surface area is 110 Å². The van der Waals surface area contributed by atoms with Crippen molar-refractivity contribution in [3.63, 3.8) is 0 Å². The molecular weight excluding hydrogens is 247 g/mol. The number of nitrogens with one attached hydrogen (secondary N) is 2. The zero-order valence-corrected chi connectivity index (χ0v) is 10.6. The molecule has 4 N–H and O–H groups in total. The maximum absolute atomic E-state index is 14.2. The van der Waals surface area contributed by atoms with Crippen molar-refractivity contribution in [1.29, 1.82) is 0 Å². The first-order chi connectivity index (χ1) is 9.07. The van der Waals surface area contributed by atoms with Gasteiger partial charge in [-0.1, -0.05) is 6.58 Å². The van der Waals surface area contributed by atoms with Crippen LogP contribution in [0.2, 0.25) is 0 Å². The molecule has 1 aromatic heterocycles. The van der Waals surface area contributed by atoms with E-state index in [9.17, 15) is 4.39 Å². The molecule has 102 valence electrons. The van der Waals surface area contributed by atoms with E-state index in [0.717, 1.165) is 12.8 Å². The average molecular weight is 264 g/mol. The van der Waals surface area contributed by atoms with Crippen LogP contribution >= 0.6 is 0 Å². The molecule has 2 fully saturated rings. The summed E-state index contributed by atoms with van der Waals surface area (Å²) in [5.41, 5.74) is 5.47. The van der Waals surface area contributed by atoms with Gasteiger partial charge < -0.3 is 16.0 Å². The van der Waals surface area contributed by atoms with E-state index in [1.807, 2.05) is 4.90 Å². The third-order valence-electron chi connectivity index (χ3n) is 3.60. The molecule has 3 rings (SSSR count). The number of likely N-dealkylation sites (tertiary alicyclic amines) is 1. The van der Waals surface area contributed by atoms with E-state index >= 15 is 0 Å². The number of hydrogen-bond donors (Lipinski definition) is 3. The summed E-state index contributed by atoms with van der Waals surface area (Å²) in [6.07, 6.45) is 5.08. The Morgan fingerprint density at radius 3 is 2.95 bits per heavy atom. The lowest BCUT2D eigenvalue weighted by Gasteiger charge is -2.46. The first kappa shape index (κ1) is 12.0. The van der Waals surface area contributed by atoms with Crippen molar-refractivity contribution in [3.8, 4) is 0 Å². The van der Waals surface area contributed by atoms with Crippen LogP contribution in [0.15, 0.2) is 30.5 Å². The molecule has 1 aromatic rings. The highest BCUT2D eigenvalue weighted by molar-refractivity contribution is 5.38. The second kappa shape index (κ2) is 4.25. The maximum Gasteiger partial charge on any atom is 0.222 e. The summed E-state index contributed by atoms with van der Waals surface area (Å²) < 4.78 is 14.2. The van der Waals surface area contributed by atoms with E-state index in [1.54, 1.807) is 6.08 Å². The molecule has 1 aliphatic carbocycles. The molecule has 0 radical (unpaired) electrons. The summed E-state index contributed by atoms with van der Waals surface area (Å²) in [6.45, 7) is 4.59. The van der Waals surface area contributed by atoms with E-state index < -0.39 is 5.67 Å². The number of nitrogens with two attached hydrogens (primary N) is 1. The molecule has 1 saturated carbocycles. The molecule has 0 bridgehead atoms. The average Bonchev–Trinajstić information content (AvgIpc) is 3.05. The lowest BCUT2D eigenvalue weighted by atomic mass is 9.91. The van der Waals surface area contributed by atoms with Crippen LogP contribution in [0.5, 0.6) is 0 Å². The quantitative estimate of drug-likeness (QED) is 0.690. The molecule has 19 heavy (non-hydrogen) atoms. The highest BCUT2D eigenvalue weighted by atomic mass is 19.1. The number of H-pyrrole nitrogens is 1. The van der Waals surface area contributed by atoms with Crippen LogP contribution in [0.4, 0.5) is 10.3 Å². The summed E-state index contributed by atoms with van der Waals surface area (Å²) in [5.74, 6) is 1.26. The molecule has 0 atom stereocenters. The number of halogens is 1. The second-order valence-electron chi connectivity index (χ2n) is 5.22. The van der Waals surface area contributed by atoms with Gasteiger partial charge in [0.25, 0.3) is 0 Å². The maximum atomic E-state index is 14.2. The predicted molar refractivity (Wildman–Crippen MR) is 69.6 cm³/mol. The minimum atomic E-state index is -1.03. The number of aromatic amines is 1. The van der Waals surface area contributed by atoms with Crippen LogP contribution in [0.3, 0.4) is 0 Å². The van der Waals surface area contributed by atoms with Gasteiger partial charge in [-0.15, -0.1) is 0 Å². The SMILES string of the molecule is C=C(/C=C(\N)N1CC(F)(C2CC2)C1)Nc1ncn[nH]1. The third kappa shape index (κ3) is 2.40. The van der Waals surface area contributed by atoms with Gasteiger partial charge in [-0.3, -0.25) is 0 Å². The van der Waals surface area contributed by atoms with Crippen molar-refractivity contribution in [2.45, 2.75) is 18.5 Å². The second-order valence-corrected chi connectivity index (χ2v) is 5.22. The van der Waals surface area contributed by atoms with Gasteiger partial charge in [0.2, 0.25) is 5.95 Å². The topological polar surface area (TPSA) is 82.9 Å². The Bertz CT molecular complexity index is 498. The molecule has 1 saturated heterocycles. The number of rotatable bonds is 5. The van der Waals surface area contributed by atoms with Gasteiger partial charge in [0.05, 0.1) is 13.1 Å². The fourth-order valence-electron chi connectivity index (χ4n) is 2.35. The fraction of sp³-hybridized carbons (Fsp3) is 0.500. The lowest BCUT2D eigenvalue weighted by molar-refractivity contribution is -0.0286. The van der Waals surface area contributed by atoms with Crippen LogP contribution in [0.1, 0.15) is 12.8 Å². The zero-order chi connectivity index (χ0) is 13.5. The van der Waals surface area contributed by atoms with E-state index in [2.05, 4.69) is 27.1 Å². The number of alkyl halides is 1. The lowest BCUT2D eigenvalue weighted by Crippen LogP contribution is -2.60. The summed E-state index contributed by atoms with van der Waals surface area (Å²) in [5, 5.41) is 9.28. The molecule has 0 aromatic carbocycles. The fourth-order valence-corrected chi connectivity index (χ4v) is 2.35. The van der Waals surface area contributed by atoms with Gasteiger partial charge in [-0.25, -0.2) is 9.49 Å². The Morgan fingerprint density at radius 1 is 1.63 bits per heavy atom. The van der Waals surface area contributed by atoms with Gasteiger partial charge in [-0.2, -0.15) is 10.1 Å². The van der Waals surface area contributed by atoms with Gasteiger partial charge in [0.15, 0.2) is 0 Å². The number of nitrogens with zero attached hydrogens (tertiary/aromatic N) is 3. The summed E-state index contributed by atoms with van der Waals surface area (Å²) in [7, 11) is 0.